The Kier molecular flexibility index (Phi) is 9.19. The van der Waals surface area contributed by atoms with Gasteiger partial charge in [0.1, 0.15) is 0 Å². The molecular weight excluding hydrogens is 359 g/mol. The van der Waals surface area contributed by atoms with Crippen LogP contribution < -0.4 is 0 Å². The molecule has 0 spiro atoms. The molecule has 0 aliphatic heterocycles. The van der Waals surface area contributed by atoms with Crippen LogP contribution >= 0.6 is 18.6 Å². The number of rotatable bonds is 0. The zero-order valence-electron chi connectivity index (χ0n) is 16.3. The van der Waals surface area contributed by atoms with E-state index in [9.17, 15) is 0 Å². The quantitative estimate of drug-likeness (QED) is 0.296. The Morgan fingerprint density at radius 3 is 0.913 bits per heavy atom. The molecule has 0 aromatic carbocycles. The molecule has 0 fully saturated rings. The molecule has 0 radical (unpaired) electrons. The van der Waals surface area contributed by atoms with Crippen LogP contribution in [0.3, 0.4) is 0 Å². The first-order chi connectivity index (χ1) is 10.3. The van der Waals surface area contributed by atoms with Crippen molar-refractivity contribution in [2.75, 3.05) is 0 Å². The molecular formula is C20H30Cl2Ti-2. The molecule has 0 nitrogen and oxygen atoms in total. The van der Waals surface area contributed by atoms with Crippen molar-refractivity contribution in [3.63, 3.8) is 0 Å². The van der Waals surface area contributed by atoms with Crippen molar-refractivity contribution in [3.8, 4) is 0 Å². The molecule has 0 unspecified atom stereocenters. The van der Waals surface area contributed by atoms with Gasteiger partial charge in [-0.05, 0) is 0 Å². The summed E-state index contributed by atoms with van der Waals surface area (Å²) in [6.45, 7) is 21.8. The summed E-state index contributed by atoms with van der Waals surface area (Å²) in [6.07, 6.45) is 6.87. The SMILES string of the molecule is CC1=[C-]C(C)(C)C(C)=C1C.CC1=[C-]C(C)(C)C(C)=C1C.[Cl][Ti][Cl]. The maximum absolute atomic E-state index is 4.89. The van der Waals surface area contributed by atoms with E-state index in [4.69, 9.17) is 18.6 Å². The van der Waals surface area contributed by atoms with Crippen LogP contribution in [0.2, 0.25) is 0 Å². The third-order valence-corrected chi connectivity index (χ3v) is 5.12. The average Bonchev–Trinajstić information content (AvgIpc) is 2.71. The first-order valence-electron chi connectivity index (χ1n) is 7.88. The van der Waals surface area contributed by atoms with E-state index in [2.05, 4.69) is 81.4 Å². The maximum atomic E-state index is 4.89. The third kappa shape index (κ3) is 6.24. The van der Waals surface area contributed by atoms with Crippen molar-refractivity contribution in [1.29, 1.82) is 0 Å². The van der Waals surface area contributed by atoms with Crippen LogP contribution in [0.5, 0.6) is 0 Å². The molecule has 2 aliphatic carbocycles. The van der Waals surface area contributed by atoms with Crippen LogP contribution in [0.1, 0.15) is 69.2 Å². The molecule has 130 valence electrons. The van der Waals surface area contributed by atoms with Gasteiger partial charge in [0.15, 0.2) is 0 Å². The summed E-state index contributed by atoms with van der Waals surface area (Å²) in [4.78, 5) is 0. The summed E-state index contributed by atoms with van der Waals surface area (Å²) < 4.78 is 0. The number of hydrogen-bond acceptors (Lipinski definition) is 0. The van der Waals surface area contributed by atoms with E-state index in [-0.39, 0.29) is 10.8 Å². The zero-order chi connectivity index (χ0) is 18.6. The minimum atomic E-state index is -0.556. The summed E-state index contributed by atoms with van der Waals surface area (Å²) >= 11 is -0.556. The van der Waals surface area contributed by atoms with Gasteiger partial charge in [0.05, 0.1) is 0 Å². The Bertz CT molecular complexity index is 508. The van der Waals surface area contributed by atoms with Crippen LogP contribution in [-0.4, -0.2) is 0 Å². The second kappa shape index (κ2) is 9.09. The van der Waals surface area contributed by atoms with Gasteiger partial charge in [0, 0.05) is 0 Å². The minimum absolute atomic E-state index is 0.189. The summed E-state index contributed by atoms with van der Waals surface area (Å²) in [5.41, 5.74) is 8.79. The van der Waals surface area contributed by atoms with Gasteiger partial charge in [-0.3, -0.25) is 12.2 Å². The molecule has 23 heavy (non-hydrogen) atoms. The van der Waals surface area contributed by atoms with Gasteiger partial charge in [0.25, 0.3) is 0 Å². The zero-order valence-corrected chi connectivity index (χ0v) is 19.3. The summed E-state index contributed by atoms with van der Waals surface area (Å²) in [5, 5.41) is 0. The Balaban J connectivity index is 0.000000360. The fraction of sp³-hybridized carbons (Fsp3) is 0.600. The average molecular weight is 389 g/mol. The van der Waals surface area contributed by atoms with Gasteiger partial charge >= 0.3 is 35.6 Å². The van der Waals surface area contributed by atoms with E-state index < -0.39 is 17.0 Å². The molecule has 0 saturated heterocycles. The van der Waals surface area contributed by atoms with Crippen LogP contribution in [0, 0.1) is 23.0 Å². The van der Waals surface area contributed by atoms with Crippen LogP contribution in [0.15, 0.2) is 33.4 Å². The van der Waals surface area contributed by atoms with E-state index in [1.807, 2.05) is 0 Å². The van der Waals surface area contributed by atoms with Crippen molar-refractivity contribution in [2.24, 2.45) is 10.8 Å². The van der Waals surface area contributed by atoms with Gasteiger partial charge in [-0.15, -0.1) is 13.8 Å². The first kappa shape index (κ1) is 23.3. The second-order valence-corrected chi connectivity index (χ2v) is 9.90. The molecule has 0 amide bonds. The van der Waals surface area contributed by atoms with Gasteiger partial charge in [-0.1, -0.05) is 66.2 Å². The van der Waals surface area contributed by atoms with Crippen molar-refractivity contribution in [2.45, 2.75) is 69.2 Å². The molecule has 3 heteroatoms. The third-order valence-electron chi connectivity index (χ3n) is 5.12. The number of halogens is 2. The van der Waals surface area contributed by atoms with E-state index in [0.717, 1.165) is 0 Å². The fourth-order valence-corrected chi connectivity index (χ4v) is 2.81. The normalized spacial score (nSPS) is 21.0. The number of hydrogen-bond donors (Lipinski definition) is 0. The van der Waals surface area contributed by atoms with Crippen LogP contribution in [0.25, 0.3) is 0 Å². The van der Waals surface area contributed by atoms with Crippen molar-refractivity contribution in [3.05, 3.63) is 45.6 Å². The Morgan fingerprint density at radius 1 is 0.652 bits per heavy atom. The Hall–Kier alpha value is 0.254. The molecule has 0 atom stereocenters. The van der Waals surface area contributed by atoms with Crippen molar-refractivity contribution >= 4 is 18.6 Å². The molecule has 2 rings (SSSR count). The van der Waals surface area contributed by atoms with E-state index in [1.54, 1.807) is 0 Å². The molecule has 0 N–H and O–H groups in total. The van der Waals surface area contributed by atoms with Crippen LogP contribution in [-0.2, 0) is 17.0 Å². The second-order valence-electron chi connectivity index (χ2n) is 7.32. The molecule has 0 saturated carbocycles. The van der Waals surface area contributed by atoms with Crippen molar-refractivity contribution < 1.29 is 17.0 Å². The Labute approximate surface area is 160 Å². The first-order valence-corrected chi connectivity index (χ1v) is 12.2. The summed E-state index contributed by atoms with van der Waals surface area (Å²) in [5.74, 6) is 0. The summed E-state index contributed by atoms with van der Waals surface area (Å²) in [7, 11) is 9.78. The molecule has 0 bridgehead atoms. The topological polar surface area (TPSA) is 0 Å². The predicted molar refractivity (Wildman–Crippen MR) is 101 cm³/mol. The molecule has 0 heterocycles. The van der Waals surface area contributed by atoms with Crippen molar-refractivity contribution in [1.82, 2.24) is 0 Å². The van der Waals surface area contributed by atoms with E-state index in [0.29, 0.717) is 0 Å². The van der Waals surface area contributed by atoms with Gasteiger partial charge in [-0.2, -0.15) is 22.3 Å². The van der Waals surface area contributed by atoms with Crippen LogP contribution in [0.4, 0.5) is 0 Å². The standard InChI is InChI=1S/2C10H15.2ClH.Ti/c2*1-7-6-10(4,5)9(3)8(7)2;;;/h2*1-5H3;2*1H;/q2*-1;;;+2/p-2. The van der Waals surface area contributed by atoms with E-state index >= 15 is 0 Å². The molecule has 0 aromatic heterocycles. The fourth-order valence-electron chi connectivity index (χ4n) is 2.81. The molecule has 2 aliphatic rings. The summed E-state index contributed by atoms with van der Waals surface area (Å²) in [6, 6.07) is 0. The number of allylic oxidation sites excluding steroid dienone is 8. The molecule has 0 aromatic rings. The predicted octanol–water partition coefficient (Wildman–Crippen LogP) is 7.60. The Morgan fingerprint density at radius 2 is 0.870 bits per heavy atom. The van der Waals surface area contributed by atoms with Gasteiger partial charge in [-0.25, -0.2) is 11.1 Å². The van der Waals surface area contributed by atoms with Gasteiger partial charge in [0.2, 0.25) is 0 Å². The monoisotopic (exact) mass is 388 g/mol. The van der Waals surface area contributed by atoms with E-state index in [1.165, 1.54) is 33.4 Å². The van der Waals surface area contributed by atoms with Gasteiger partial charge < -0.3 is 0 Å².